The quantitative estimate of drug-likeness (QED) is 0.273. The topological polar surface area (TPSA) is 146 Å². The van der Waals surface area contributed by atoms with Crippen molar-refractivity contribution in [3.8, 4) is 0 Å². The van der Waals surface area contributed by atoms with Crippen molar-refractivity contribution in [2.24, 2.45) is 0 Å². The maximum atomic E-state index is 12.6. The molecule has 0 bridgehead atoms. The molecule has 2 aromatic carbocycles. The predicted molar refractivity (Wildman–Crippen MR) is 106 cm³/mol. The third kappa shape index (κ3) is 4.68. The Kier molecular flexibility index (Phi) is 5.46. The van der Waals surface area contributed by atoms with E-state index in [-0.39, 0.29) is 15.6 Å². The van der Waals surface area contributed by atoms with E-state index in [9.17, 15) is 23.3 Å². The fraction of sp³-hybridized carbons (Fsp3) is 0. The van der Waals surface area contributed by atoms with E-state index >= 15 is 0 Å². The van der Waals surface area contributed by atoms with Gasteiger partial charge in [-0.15, -0.1) is 0 Å². The van der Waals surface area contributed by atoms with Gasteiger partial charge in [-0.25, -0.2) is 8.42 Å². The van der Waals surface area contributed by atoms with Crippen molar-refractivity contribution < 1.29 is 22.6 Å². The van der Waals surface area contributed by atoms with Crippen molar-refractivity contribution in [2.45, 2.75) is 9.79 Å². The molecule has 29 heavy (non-hydrogen) atoms. The molecule has 0 fully saturated rings. The van der Waals surface area contributed by atoms with Crippen LogP contribution in [0.1, 0.15) is 5.76 Å². The second-order valence-electron chi connectivity index (χ2n) is 5.85. The Morgan fingerprint density at radius 2 is 1.59 bits per heavy atom. The van der Waals surface area contributed by atoms with Crippen LogP contribution in [0, 0.1) is 10.1 Å². The number of nitrogens with zero attached hydrogens (tertiary/aromatic N) is 1. The lowest BCUT2D eigenvalue weighted by Crippen LogP contribution is -2.08. The minimum Gasteiger partial charge on any atom is -0.401 e. The Labute approximate surface area is 165 Å². The van der Waals surface area contributed by atoms with Crippen LogP contribution < -0.4 is 11.1 Å². The molecule has 148 valence electrons. The zero-order chi connectivity index (χ0) is 21.0. The van der Waals surface area contributed by atoms with Gasteiger partial charge in [-0.1, -0.05) is 0 Å². The van der Waals surface area contributed by atoms with Crippen LogP contribution in [-0.2, 0) is 14.6 Å². The van der Waals surface area contributed by atoms with Crippen LogP contribution in [0.15, 0.2) is 80.9 Å². The van der Waals surface area contributed by atoms with Gasteiger partial charge in [0.1, 0.15) is 10.7 Å². The van der Waals surface area contributed by atoms with Gasteiger partial charge >= 0.3 is 5.88 Å². The Bertz CT molecular complexity index is 1180. The molecule has 0 aliphatic rings. The van der Waals surface area contributed by atoms with E-state index < -0.39 is 26.6 Å². The Morgan fingerprint density at radius 3 is 2.14 bits per heavy atom. The first-order chi connectivity index (χ1) is 13.8. The summed E-state index contributed by atoms with van der Waals surface area (Å²) in [7, 11) is -3.70. The molecule has 0 spiro atoms. The summed E-state index contributed by atoms with van der Waals surface area (Å²) in [6.07, 6.45) is 2.42. The highest BCUT2D eigenvalue weighted by Gasteiger charge is 2.17. The summed E-state index contributed by atoms with van der Waals surface area (Å²) in [6, 6.07) is 14.0. The number of nitrogens with one attached hydrogen (secondary N) is 1. The lowest BCUT2D eigenvalue weighted by atomic mass is 10.3. The molecule has 10 heteroatoms. The summed E-state index contributed by atoms with van der Waals surface area (Å²) in [6.45, 7) is 0. The zero-order valence-corrected chi connectivity index (χ0v) is 15.6. The van der Waals surface area contributed by atoms with E-state index in [4.69, 9.17) is 10.2 Å². The van der Waals surface area contributed by atoms with Crippen LogP contribution in [0.2, 0.25) is 0 Å². The summed E-state index contributed by atoms with van der Waals surface area (Å²) >= 11 is 0. The number of nitrogen functional groups attached to an aromatic ring is 1. The Balaban J connectivity index is 1.68. The van der Waals surface area contributed by atoms with E-state index in [0.29, 0.717) is 11.4 Å². The van der Waals surface area contributed by atoms with Crippen LogP contribution >= 0.6 is 0 Å². The first-order valence-electron chi connectivity index (χ1n) is 8.20. The number of nitrogens with two attached hydrogens (primary N) is 1. The van der Waals surface area contributed by atoms with Gasteiger partial charge in [-0.2, -0.15) is 0 Å². The molecule has 0 radical (unpaired) electrons. The van der Waals surface area contributed by atoms with E-state index in [1.807, 2.05) is 0 Å². The van der Waals surface area contributed by atoms with Crippen LogP contribution in [-0.4, -0.2) is 19.2 Å². The lowest BCUT2D eigenvalue weighted by Gasteiger charge is -2.07. The molecule has 0 atom stereocenters. The van der Waals surface area contributed by atoms with Crippen molar-refractivity contribution in [3.05, 3.63) is 82.6 Å². The maximum Gasteiger partial charge on any atom is 0.433 e. The molecule has 3 aromatic rings. The molecule has 0 aliphatic heterocycles. The van der Waals surface area contributed by atoms with Crippen molar-refractivity contribution in [2.75, 3.05) is 11.1 Å². The fourth-order valence-electron chi connectivity index (χ4n) is 2.37. The smallest absolute Gasteiger partial charge is 0.401 e. The number of benzene rings is 2. The SMILES string of the molecule is Nc1ccc(S(=O)(=O)c2ccc(NC(=O)/C=C/c3ccc([N+](=O)[O-])o3)cc2)cc1. The Hall–Kier alpha value is -3.92. The van der Waals surface area contributed by atoms with Crippen molar-refractivity contribution >= 4 is 39.1 Å². The molecule has 0 aliphatic carbocycles. The Morgan fingerprint density at radius 1 is 1.00 bits per heavy atom. The van der Waals surface area contributed by atoms with Crippen LogP contribution in [0.3, 0.4) is 0 Å². The monoisotopic (exact) mass is 413 g/mol. The normalized spacial score (nSPS) is 11.4. The number of carbonyl (C=O) groups is 1. The molecule has 9 nitrogen and oxygen atoms in total. The van der Waals surface area contributed by atoms with Crippen LogP contribution in [0.25, 0.3) is 6.08 Å². The second kappa shape index (κ2) is 7.98. The van der Waals surface area contributed by atoms with Gasteiger partial charge in [-0.3, -0.25) is 14.9 Å². The van der Waals surface area contributed by atoms with E-state index in [0.717, 1.165) is 6.08 Å². The number of rotatable bonds is 6. The van der Waals surface area contributed by atoms with E-state index in [1.165, 1.54) is 66.7 Å². The summed E-state index contributed by atoms with van der Waals surface area (Å²) in [5.41, 5.74) is 6.41. The van der Waals surface area contributed by atoms with Crippen LogP contribution in [0.4, 0.5) is 17.3 Å². The maximum absolute atomic E-state index is 12.6. The van der Waals surface area contributed by atoms with Gasteiger partial charge in [-0.05, 0) is 60.7 Å². The van der Waals surface area contributed by atoms with Gasteiger partial charge in [0, 0.05) is 17.5 Å². The first-order valence-corrected chi connectivity index (χ1v) is 9.68. The third-order valence-electron chi connectivity index (χ3n) is 3.81. The van der Waals surface area contributed by atoms with Crippen molar-refractivity contribution in [1.29, 1.82) is 0 Å². The molecule has 1 aromatic heterocycles. The van der Waals surface area contributed by atoms with Gasteiger partial charge in [0.25, 0.3) is 0 Å². The second-order valence-corrected chi connectivity index (χ2v) is 7.80. The molecule has 3 N–H and O–H groups in total. The standard InChI is InChI=1S/C19H15N3O6S/c20-13-1-7-16(8-2-13)29(26,27)17-9-3-14(4-10-17)21-18(23)11-5-15-6-12-19(28-15)22(24)25/h1-12H,20H2,(H,21,23)/b11-5+. The molecule has 1 amide bonds. The van der Waals surface area contributed by atoms with Crippen molar-refractivity contribution in [3.63, 3.8) is 0 Å². The first kappa shape index (κ1) is 19.8. The average Bonchev–Trinajstić information content (AvgIpc) is 3.17. The minimum absolute atomic E-state index is 0.0682. The predicted octanol–water partition coefficient (Wildman–Crippen LogP) is 3.25. The van der Waals surface area contributed by atoms with Gasteiger partial charge in [0.05, 0.1) is 15.9 Å². The fourth-order valence-corrected chi connectivity index (χ4v) is 3.63. The molecular weight excluding hydrogens is 398 g/mol. The van der Waals surface area contributed by atoms with E-state index in [2.05, 4.69) is 5.32 Å². The molecule has 3 rings (SSSR count). The highest BCUT2D eigenvalue weighted by molar-refractivity contribution is 7.91. The average molecular weight is 413 g/mol. The number of sulfone groups is 1. The summed E-state index contributed by atoms with van der Waals surface area (Å²) in [5.74, 6) is -0.794. The molecule has 0 saturated heterocycles. The number of carbonyl (C=O) groups excluding carboxylic acids is 1. The minimum atomic E-state index is -3.70. The summed E-state index contributed by atoms with van der Waals surface area (Å²) in [4.78, 5) is 22.0. The number of anilines is 2. The molecule has 0 saturated carbocycles. The lowest BCUT2D eigenvalue weighted by molar-refractivity contribution is -0.402. The highest BCUT2D eigenvalue weighted by Crippen LogP contribution is 2.23. The molecule has 1 heterocycles. The number of hydrogen-bond acceptors (Lipinski definition) is 7. The zero-order valence-electron chi connectivity index (χ0n) is 14.8. The molecule has 0 unspecified atom stereocenters. The molecular formula is C19H15N3O6S. The summed E-state index contributed by atoms with van der Waals surface area (Å²) in [5, 5.41) is 13.1. The van der Waals surface area contributed by atoms with Gasteiger partial charge in [0.15, 0.2) is 0 Å². The highest BCUT2D eigenvalue weighted by atomic mass is 32.2. The van der Waals surface area contributed by atoms with E-state index in [1.54, 1.807) is 0 Å². The number of nitro groups is 1. The number of amides is 1. The van der Waals surface area contributed by atoms with Gasteiger partial charge in [0.2, 0.25) is 15.7 Å². The third-order valence-corrected chi connectivity index (χ3v) is 5.60. The number of furan rings is 1. The summed E-state index contributed by atoms with van der Waals surface area (Å²) < 4.78 is 30.1. The number of hydrogen-bond donors (Lipinski definition) is 2. The van der Waals surface area contributed by atoms with Crippen molar-refractivity contribution in [1.82, 2.24) is 0 Å². The van der Waals surface area contributed by atoms with Crippen LogP contribution in [0.5, 0.6) is 0 Å². The van der Waals surface area contributed by atoms with Gasteiger partial charge < -0.3 is 15.5 Å². The largest absolute Gasteiger partial charge is 0.433 e.